The number of hydrogen-bond acceptors (Lipinski definition) is 6. The van der Waals surface area contributed by atoms with Gasteiger partial charge in [-0.2, -0.15) is 4.98 Å². The predicted molar refractivity (Wildman–Crippen MR) is 105 cm³/mol. The molecule has 0 aliphatic heterocycles. The number of ether oxygens (including phenoxy) is 1. The maximum absolute atomic E-state index is 12.0. The molecule has 2 N–H and O–H groups in total. The Morgan fingerprint density at radius 2 is 1.71 bits per heavy atom. The number of halogens is 1. The number of carbonyl (C=O) groups is 2. The minimum Gasteiger partial charge on any atom is -0.484 e. The summed E-state index contributed by atoms with van der Waals surface area (Å²) in [6.45, 7) is 0.347. The molecule has 3 rings (SSSR count). The molecule has 0 atom stereocenters. The van der Waals surface area contributed by atoms with E-state index in [0.717, 1.165) is 10.0 Å². The number of nitrogens with one attached hydrogen (secondary N) is 2. The zero-order valence-corrected chi connectivity index (χ0v) is 16.3. The summed E-state index contributed by atoms with van der Waals surface area (Å²) in [5, 5.41) is 9.04. The van der Waals surface area contributed by atoms with Crippen molar-refractivity contribution in [2.75, 3.05) is 19.7 Å². The van der Waals surface area contributed by atoms with Gasteiger partial charge in [-0.05, 0) is 24.3 Å². The van der Waals surface area contributed by atoms with Gasteiger partial charge in [0.25, 0.3) is 5.91 Å². The summed E-state index contributed by atoms with van der Waals surface area (Å²) in [4.78, 5) is 27.8. The minimum atomic E-state index is -0.505. The maximum atomic E-state index is 12.0. The fourth-order valence-corrected chi connectivity index (χ4v) is 2.47. The summed E-state index contributed by atoms with van der Waals surface area (Å²) in [6, 6.07) is 16.3. The van der Waals surface area contributed by atoms with Crippen LogP contribution in [-0.2, 0) is 4.79 Å². The van der Waals surface area contributed by atoms with Crippen LogP contribution >= 0.6 is 15.9 Å². The summed E-state index contributed by atoms with van der Waals surface area (Å²) >= 11 is 3.32. The molecule has 0 aliphatic carbocycles. The van der Waals surface area contributed by atoms with Crippen LogP contribution in [0, 0.1) is 0 Å². The lowest BCUT2D eigenvalue weighted by Crippen LogP contribution is -2.36. The van der Waals surface area contributed by atoms with Gasteiger partial charge in [0.05, 0.1) is 0 Å². The number of benzene rings is 2. The third-order valence-corrected chi connectivity index (χ3v) is 4.10. The summed E-state index contributed by atoms with van der Waals surface area (Å²) in [6.07, 6.45) is 0. The molecule has 2 aromatic carbocycles. The first-order valence-electron chi connectivity index (χ1n) is 8.44. The van der Waals surface area contributed by atoms with Crippen molar-refractivity contribution in [3.63, 3.8) is 0 Å². The second kappa shape index (κ2) is 9.65. The van der Waals surface area contributed by atoms with Crippen LogP contribution in [0.2, 0.25) is 0 Å². The Balaban J connectivity index is 1.37. The van der Waals surface area contributed by atoms with Crippen LogP contribution in [0.4, 0.5) is 0 Å². The predicted octanol–water partition coefficient (Wildman–Crippen LogP) is 2.42. The normalized spacial score (nSPS) is 10.3. The van der Waals surface area contributed by atoms with E-state index in [1.165, 1.54) is 0 Å². The number of hydrogen-bond donors (Lipinski definition) is 2. The average molecular weight is 445 g/mol. The molecule has 3 aromatic rings. The summed E-state index contributed by atoms with van der Waals surface area (Å²) < 4.78 is 11.3. The van der Waals surface area contributed by atoms with Crippen LogP contribution in [0.15, 0.2) is 63.6 Å². The fourth-order valence-electron chi connectivity index (χ4n) is 2.20. The zero-order chi connectivity index (χ0) is 19.8. The van der Waals surface area contributed by atoms with Gasteiger partial charge in [0, 0.05) is 23.1 Å². The van der Waals surface area contributed by atoms with Crippen LogP contribution in [0.25, 0.3) is 11.4 Å². The Kier molecular flexibility index (Phi) is 6.74. The van der Waals surface area contributed by atoms with Crippen molar-refractivity contribution in [3.8, 4) is 17.1 Å². The second-order valence-electron chi connectivity index (χ2n) is 5.64. The van der Waals surface area contributed by atoms with Crippen molar-refractivity contribution in [2.24, 2.45) is 0 Å². The number of nitrogens with zero attached hydrogens (tertiary/aromatic N) is 2. The molecular formula is C19H17BrN4O4. The number of rotatable bonds is 8. The van der Waals surface area contributed by atoms with Gasteiger partial charge >= 0.3 is 11.8 Å². The van der Waals surface area contributed by atoms with E-state index in [9.17, 15) is 9.59 Å². The highest BCUT2D eigenvalue weighted by Crippen LogP contribution is 2.16. The lowest BCUT2D eigenvalue weighted by atomic mass is 10.2. The first-order chi connectivity index (χ1) is 13.6. The van der Waals surface area contributed by atoms with E-state index in [1.54, 1.807) is 12.1 Å². The van der Waals surface area contributed by atoms with E-state index in [2.05, 4.69) is 36.7 Å². The van der Waals surface area contributed by atoms with Gasteiger partial charge in [-0.1, -0.05) is 51.4 Å². The van der Waals surface area contributed by atoms with Crippen molar-refractivity contribution >= 4 is 27.7 Å². The smallest absolute Gasteiger partial charge is 0.316 e. The molecule has 0 aliphatic rings. The number of aromatic nitrogens is 2. The minimum absolute atomic E-state index is 0.111. The fraction of sp³-hybridized carbons (Fsp3) is 0.158. The van der Waals surface area contributed by atoms with E-state index in [1.807, 2.05) is 42.5 Å². The van der Waals surface area contributed by atoms with Crippen molar-refractivity contribution in [1.29, 1.82) is 0 Å². The molecule has 0 unspecified atom stereocenters. The second-order valence-corrected chi connectivity index (χ2v) is 6.55. The first-order valence-corrected chi connectivity index (χ1v) is 9.23. The van der Waals surface area contributed by atoms with Crippen LogP contribution in [0.1, 0.15) is 10.7 Å². The lowest BCUT2D eigenvalue weighted by molar-refractivity contribution is -0.123. The molecule has 2 amide bonds. The molecule has 9 heteroatoms. The molecule has 0 saturated carbocycles. The summed E-state index contributed by atoms with van der Waals surface area (Å²) in [7, 11) is 0. The summed E-state index contributed by atoms with van der Waals surface area (Å²) in [5.41, 5.74) is 0.753. The van der Waals surface area contributed by atoms with Crippen LogP contribution in [0.3, 0.4) is 0 Å². The van der Waals surface area contributed by atoms with Crippen LogP contribution in [-0.4, -0.2) is 41.7 Å². The van der Waals surface area contributed by atoms with Gasteiger partial charge in [-0.3, -0.25) is 9.59 Å². The Labute approximate surface area is 169 Å². The molecule has 0 radical (unpaired) electrons. The highest BCUT2D eigenvalue weighted by atomic mass is 79.9. The van der Waals surface area contributed by atoms with Crippen molar-refractivity contribution in [2.45, 2.75) is 0 Å². The highest BCUT2D eigenvalue weighted by molar-refractivity contribution is 9.10. The molecule has 0 fully saturated rings. The van der Waals surface area contributed by atoms with Gasteiger partial charge < -0.3 is 19.9 Å². The van der Waals surface area contributed by atoms with E-state index in [0.29, 0.717) is 11.6 Å². The van der Waals surface area contributed by atoms with Crippen molar-refractivity contribution in [1.82, 2.24) is 20.8 Å². The lowest BCUT2D eigenvalue weighted by Gasteiger charge is -2.07. The van der Waals surface area contributed by atoms with Crippen LogP contribution < -0.4 is 15.4 Å². The SMILES string of the molecule is O=C(COc1ccc(Br)cc1)NCCNC(=O)c1nc(-c2ccccc2)no1. The third-order valence-electron chi connectivity index (χ3n) is 3.57. The zero-order valence-electron chi connectivity index (χ0n) is 14.7. The van der Waals surface area contributed by atoms with E-state index in [4.69, 9.17) is 9.26 Å². The Hall–Kier alpha value is -3.20. The van der Waals surface area contributed by atoms with Crippen LogP contribution in [0.5, 0.6) is 5.75 Å². The molecule has 1 aromatic heterocycles. The average Bonchev–Trinajstić information content (AvgIpc) is 3.22. The first kappa shape index (κ1) is 19.6. The molecule has 1 heterocycles. The standard InChI is InChI=1S/C19H17BrN4O4/c20-14-6-8-15(9-7-14)27-12-16(25)21-10-11-22-18(26)19-23-17(24-28-19)13-4-2-1-3-5-13/h1-9H,10-12H2,(H,21,25)(H,22,26). The topological polar surface area (TPSA) is 106 Å². The van der Waals surface area contributed by atoms with E-state index in [-0.39, 0.29) is 31.5 Å². The highest BCUT2D eigenvalue weighted by Gasteiger charge is 2.15. The third kappa shape index (κ3) is 5.65. The van der Waals surface area contributed by atoms with E-state index < -0.39 is 5.91 Å². The van der Waals surface area contributed by atoms with Gasteiger partial charge in [-0.25, -0.2) is 0 Å². The van der Waals surface area contributed by atoms with Gasteiger partial charge in [0.1, 0.15) is 5.75 Å². The monoisotopic (exact) mass is 444 g/mol. The van der Waals surface area contributed by atoms with Crippen molar-refractivity contribution < 1.29 is 18.8 Å². The van der Waals surface area contributed by atoms with Gasteiger partial charge in [-0.15, -0.1) is 0 Å². The Bertz CT molecular complexity index is 929. The quantitative estimate of drug-likeness (QED) is 0.516. The molecule has 0 bridgehead atoms. The van der Waals surface area contributed by atoms with Crippen molar-refractivity contribution in [3.05, 3.63) is 65.0 Å². The largest absolute Gasteiger partial charge is 0.484 e. The Morgan fingerprint density at radius 3 is 2.46 bits per heavy atom. The van der Waals surface area contributed by atoms with Gasteiger partial charge in [0.15, 0.2) is 6.61 Å². The summed E-state index contributed by atoms with van der Waals surface area (Å²) in [5.74, 6) is 0.00141. The Morgan fingerprint density at radius 1 is 1.00 bits per heavy atom. The van der Waals surface area contributed by atoms with Gasteiger partial charge in [0.2, 0.25) is 5.82 Å². The molecule has 8 nitrogen and oxygen atoms in total. The maximum Gasteiger partial charge on any atom is 0.316 e. The molecule has 28 heavy (non-hydrogen) atoms. The molecule has 144 valence electrons. The molecule has 0 spiro atoms. The number of amides is 2. The molecule has 0 saturated heterocycles. The molecular weight excluding hydrogens is 428 g/mol. The number of carbonyl (C=O) groups excluding carboxylic acids is 2. The van der Waals surface area contributed by atoms with E-state index >= 15 is 0 Å².